The van der Waals surface area contributed by atoms with Crippen LogP contribution < -0.4 is 9.05 Å². The number of halogens is 1. The van der Waals surface area contributed by atoms with Gasteiger partial charge in [0.2, 0.25) is 0 Å². The van der Waals surface area contributed by atoms with E-state index in [1.54, 1.807) is 12.1 Å². The molecule has 4 rings (SSSR count). The second-order valence-electron chi connectivity index (χ2n) is 6.40. The molecular formula is C21H19BrNO3P. The minimum Gasteiger partial charge on any atom is -0.404 e. The molecule has 0 aromatic heterocycles. The summed E-state index contributed by atoms with van der Waals surface area (Å²) >= 11 is 3.50. The Morgan fingerprint density at radius 1 is 1.04 bits per heavy atom. The quantitative estimate of drug-likeness (QED) is 0.426. The summed E-state index contributed by atoms with van der Waals surface area (Å²) in [5.41, 5.74) is 2.02. The van der Waals surface area contributed by atoms with Gasteiger partial charge in [-0.1, -0.05) is 64.5 Å². The van der Waals surface area contributed by atoms with Gasteiger partial charge in [0, 0.05) is 22.6 Å². The summed E-state index contributed by atoms with van der Waals surface area (Å²) in [5.74, 6) is 1.11. The van der Waals surface area contributed by atoms with Crippen LogP contribution in [0.2, 0.25) is 0 Å². The average molecular weight is 444 g/mol. The van der Waals surface area contributed by atoms with Crippen LogP contribution in [0.15, 0.2) is 83.3 Å². The molecule has 27 heavy (non-hydrogen) atoms. The Kier molecular flexibility index (Phi) is 5.09. The first-order valence-electron chi connectivity index (χ1n) is 8.70. The smallest absolute Gasteiger partial charge is 0.404 e. The standard InChI is InChI=1S/C21H19BrNO3P/c1-16(17-8-4-2-5-9-17)23-15-18-14-19(22)12-13-21(18)26-27(23,24)25-20-10-6-3-7-11-20/h2-14,16H,15H2,1H3. The SMILES string of the molecule is CC(c1ccccc1)N1Cc2cc(Br)ccc2OP1(=O)Oc1ccccc1. The minimum absolute atomic E-state index is 0.145. The molecule has 1 aliphatic rings. The lowest BCUT2D eigenvalue weighted by Gasteiger charge is -2.38. The van der Waals surface area contributed by atoms with E-state index in [9.17, 15) is 4.57 Å². The topological polar surface area (TPSA) is 38.8 Å². The Hall–Kier alpha value is -2.07. The highest BCUT2D eigenvalue weighted by atomic mass is 79.9. The third-order valence-electron chi connectivity index (χ3n) is 4.58. The van der Waals surface area contributed by atoms with E-state index in [1.807, 2.05) is 78.3 Å². The molecule has 2 atom stereocenters. The summed E-state index contributed by atoms with van der Waals surface area (Å²) in [4.78, 5) is 0. The summed E-state index contributed by atoms with van der Waals surface area (Å²) in [6, 6.07) is 24.7. The van der Waals surface area contributed by atoms with Crippen molar-refractivity contribution < 1.29 is 13.6 Å². The number of rotatable bonds is 4. The molecule has 1 aliphatic heterocycles. The number of hydrogen-bond acceptors (Lipinski definition) is 3. The first-order chi connectivity index (χ1) is 13.0. The molecule has 138 valence electrons. The van der Waals surface area contributed by atoms with Gasteiger partial charge in [-0.2, -0.15) is 4.67 Å². The Balaban J connectivity index is 1.75. The van der Waals surface area contributed by atoms with Crippen LogP contribution in [0.5, 0.6) is 11.5 Å². The summed E-state index contributed by atoms with van der Waals surface area (Å²) < 4.78 is 28.5. The van der Waals surface area contributed by atoms with Crippen molar-refractivity contribution in [2.24, 2.45) is 0 Å². The van der Waals surface area contributed by atoms with Crippen LogP contribution in [0.25, 0.3) is 0 Å². The molecule has 2 unspecified atom stereocenters. The highest BCUT2D eigenvalue weighted by Crippen LogP contribution is 2.59. The summed E-state index contributed by atoms with van der Waals surface area (Å²) in [7, 11) is -3.60. The van der Waals surface area contributed by atoms with E-state index < -0.39 is 7.75 Å². The van der Waals surface area contributed by atoms with Crippen LogP contribution >= 0.6 is 23.7 Å². The van der Waals surface area contributed by atoms with Gasteiger partial charge in [0.15, 0.2) is 0 Å². The monoisotopic (exact) mass is 443 g/mol. The maximum Gasteiger partial charge on any atom is 0.516 e. The zero-order chi connectivity index (χ0) is 18.9. The maximum atomic E-state index is 13.9. The second-order valence-corrected chi connectivity index (χ2v) is 9.13. The molecule has 0 aliphatic carbocycles. The van der Waals surface area contributed by atoms with Crippen molar-refractivity contribution in [2.75, 3.05) is 0 Å². The third kappa shape index (κ3) is 3.81. The van der Waals surface area contributed by atoms with Gasteiger partial charge in [-0.25, -0.2) is 4.57 Å². The molecule has 0 bridgehead atoms. The van der Waals surface area contributed by atoms with E-state index >= 15 is 0 Å². The van der Waals surface area contributed by atoms with Crippen LogP contribution in [-0.2, 0) is 11.1 Å². The van der Waals surface area contributed by atoms with E-state index in [0.717, 1.165) is 15.6 Å². The Morgan fingerprint density at radius 3 is 2.41 bits per heavy atom. The van der Waals surface area contributed by atoms with Crippen molar-refractivity contribution in [2.45, 2.75) is 19.5 Å². The number of benzene rings is 3. The van der Waals surface area contributed by atoms with Crippen molar-refractivity contribution >= 4 is 23.7 Å². The average Bonchev–Trinajstić information content (AvgIpc) is 2.68. The molecule has 0 saturated heterocycles. The largest absolute Gasteiger partial charge is 0.516 e. The molecule has 6 heteroatoms. The molecule has 0 saturated carbocycles. The summed E-state index contributed by atoms with van der Waals surface area (Å²) in [5, 5.41) is 0. The molecule has 0 spiro atoms. The van der Waals surface area contributed by atoms with Crippen molar-refractivity contribution in [3.05, 3.63) is 94.5 Å². The van der Waals surface area contributed by atoms with E-state index in [2.05, 4.69) is 15.9 Å². The van der Waals surface area contributed by atoms with Crippen molar-refractivity contribution in [1.29, 1.82) is 0 Å². The second kappa shape index (κ2) is 7.51. The highest BCUT2D eigenvalue weighted by molar-refractivity contribution is 9.10. The van der Waals surface area contributed by atoms with Crippen molar-refractivity contribution in [3.63, 3.8) is 0 Å². The van der Waals surface area contributed by atoms with E-state index in [4.69, 9.17) is 9.05 Å². The lowest BCUT2D eigenvalue weighted by Crippen LogP contribution is -2.31. The van der Waals surface area contributed by atoms with Gasteiger partial charge in [-0.05, 0) is 42.8 Å². The number of para-hydroxylation sites is 1. The molecule has 0 fully saturated rings. The normalized spacial score (nSPS) is 20.4. The fourth-order valence-electron chi connectivity index (χ4n) is 3.14. The molecule has 3 aromatic carbocycles. The van der Waals surface area contributed by atoms with Gasteiger partial charge in [0.05, 0.1) is 0 Å². The minimum atomic E-state index is -3.60. The fraction of sp³-hybridized carbons (Fsp3) is 0.143. The Labute approximate surface area is 167 Å². The zero-order valence-corrected chi connectivity index (χ0v) is 17.3. The van der Waals surface area contributed by atoms with E-state index in [1.165, 1.54) is 0 Å². The van der Waals surface area contributed by atoms with Crippen LogP contribution in [0.4, 0.5) is 0 Å². The lowest BCUT2D eigenvalue weighted by molar-refractivity contribution is 0.223. The predicted octanol–water partition coefficient (Wildman–Crippen LogP) is 6.59. The highest BCUT2D eigenvalue weighted by Gasteiger charge is 2.44. The van der Waals surface area contributed by atoms with Gasteiger partial charge in [-0.3, -0.25) is 0 Å². The predicted molar refractivity (Wildman–Crippen MR) is 110 cm³/mol. The molecule has 4 nitrogen and oxygen atoms in total. The van der Waals surface area contributed by atoms with Gasteiger partial charge >= 0.3 is 7.75 Å². The summed E-state index contributed by atoms with van der Waals surface area (Å²) in [6.07, 6.45) is 0. The molecule has 0 radical (unpaired) electrons. The summed E-state index contributed by atoms with van der Waals surface area (Å²) in [6.45, 7) is 2.48. The number of hydrogen-bond donors (Lipinski definition) is 0. The first kappa shape index (κ1) is 18.3. The van der Waals surface area contributed by atoms with Crippen molar-refractivity contribution in [3.8, 4) is 11.5 Å². The van der Waals surface area contributed by atoms with Gasteiger partial charge in [-0.15, -0.1) is 0 Å². The molecular weight excluding hydrogens is 425 g/mol. The molecule has 0 amide bonds. The van der Waals surface area contributed by atoms with Crippen LogP contribution in [0.3, 0.4) is 0 Å². The Morgan fingerprint density at radius 2 is 1.70 bits per heavy atom. The van der Waals surface area contributed by atoms with E-state index in [0.29, 0.717) is 18.0 Å². The third-order valence-corrected chi connectivity index (χ3v) is 7.06. The van der Waals surface area contributed by atoms with Crippen LogP contribution in [0, 0.1) is 0 Å². The van der Waals surface area contributed by atoms with Gasteiger partial charge in [0.1, 0.15) is 11.5 Å². The van der Waals surface area contributed by atoms with Crippen LogP contribution in [0.1, 0.15) is 24.1 Å². The molecule has 3 aromatic rings. The molecule has 0 N–H and O–H groups in total. The Bertz CT molecular complexity index is 981. The lowest BCUT2D eigenvalue weighted by atomic mass is 10.1. The maximum absolute atomic E-state index is 13.9. The molecule has 1 heterocycles. The fourth-order valence-corrected chi connectivity index (χ4v) is 5.49. The zero-order valence-electron chi connectivity index (χ0n) is 14.8. The number of nitrogens with zero attached hydrogens (tertiary/aromatic N) is 1. The first-order valence-corrected chi connectivity index (χ1v) is 11.0. The number of fused-ring (bicyclic) bond motifs is 1. The van der Waals surface area contributed by atoms with Gasteiger partial charge in [0.25, 0.3) is 0 Å². The van der Waals surface area contributed by atoms with Crippen molar-refractivity contribution in [1.82, 2.24) is 4.67 Å². The van der Waals surface area contributed by atoms with Crippen LogP contribution in [-0.4, -0.2) is 4.67 Å². The van der Waals surface area contributed by atoms with Gasteiger partial charge < -0.3 is 9.05 Å². The van der Waals surface area contributed by atoms with E-state index in [-0.39, 0.29) is 6.04 Å².